The molecule has 0 bridgehead atoms. The first kappa shape index (κ1) is 12.2. The standard InChI is InChI=1S/C10H19NO2/c1-4-10(11-13-3)8-6-5-7-9-12-2/h4H,1,5-9H2,2-3H3/b11-10+. The van der Waals surface area contributed by atoms with Gasteiger partial charge in [0.1, 0.15) is 7.11 Å². The normalized spacial score (nSPS) is 11.4. The highest BCUT2D eigenvalue weighted by Gasteiger charge is 1.94. The molecule has 76 valence electrons. The zero-order valence-corrected chi connectivity index (χ0v) is 8.58. The van der Waals surface area contributed by atoms with Crippen molar-refractivity contribution < 1.29 is 9.57 Å². The van der Waals surface area contributed by atoms with Crippen molar-refractivity contribution in [2.75, 3.05) is 20.8 Å². The largest absolute Gasteiger partial charge is 0.399 e. The minimum absolute atomic E-state index is 0.838. The molecule has 0 unspecified atom stereocenters. The summed E-state index contributed by atoms with van der Waals surface area (Å²) in [5, 5.41) is 3.83. The lowest BCUT2D eigenvalue weighted by Gasteiger charge is -2.00. The lowest BCUT2D eigenvalue weighted by molar-refractivity contribution is 0.192. The van der Waals surface area contributed by atoms with E-state index in [1.54, 1.807) is 20.3 Å². The number of methoxy groups -OCH3 is 1. The van der Waals surface area contributed by atoms with Gasteiger partial charge in [0.2, 0.25) is 0 Å². The van der Waals surface area contributed by atoms with E-state index in [4.69, 9.17) is 4.74 Å². The summed E-state index contributed by atoms with van der Waals surface area (Å²) in [5.41, 5.74) is 0.917. The van der Waals surface area contributed by atoms with Crippen LogP contribution >= 0.6 is 0 Å². The third kappa shape index (κ3) is 7.53. The molecular formula is C10H19NO2. The zero-order chi connectivity index (χ0) is 9.94. The van der Waals surface area contributed by atoms with Gasteiger partial charge in [0.15, 0.2) is 0 Å². The van der Waals surface area contributed by atoms with Gasteiger partial charge in [-0.2, -0.15) is 0 Å². The first-order valence-electron chi connectivity index (χ1n) is 4.56. The molecule has 0 rings (SSSR count). The van der Waals surface area contributed by atoms with E-state index in [0.29, 0.717) is 0 Å². The van der Waals surface area contributed by atoms with E-state index in [9.17, 15) is 0 Å². The van der Waals surface area contributed by atoms with Crippen LogP contribution < -0.4 is 0 Å². The molecule has 13 heavy (non-hydrogen) atoms. The first-order valence-corrected chi connectivity index (χ1v) is 4.56. The maximum absolute atomic E-state index is 4.95. The highest BCUT2D eigenvalue weighted by Crippen LogP contribution is 2.02. The van der Waals surface area contributed by atoms with Gasteiger partial charge in [-0.1, -0.05) is 18.2 Å². The van der Waals surface area contributed by atoms with E-state index in [0.717, 1.165) is 38.0 Å². The van der Waals surface area contributed by atoms with Crippen LogP contribution in [0.4, 0.5) is 0 Å². The topological polar surface area (TPSA) is 30.8 Å². The van der Waals surface area contributed by atoms with E-state index in [1.807, 2.05) is 0 Å². The van der Waals surface area contributed by atoms with Crippen molar-refractivity contribution in [3.63, 3.8) is 0 Å². The second-order valence-corrected chi connectivity index (χ2v) is 2.77. The molecule has 3 heteroatoms. The molecular weight excluding hydrogens is 166 g/mol. The van der Waals surface area contributed by atoms with Crippen molar-refractivity contribution >= 4 is 5.71 Å². The Balaban J connectivity index is 3.39. The minimum atomic E-state index is 0.838. The Bertz CT molecular complexity index is 155. The Morgan fingerprint density at radius 3 is 2.62 bits per heavy atom. The summed E-state index contributed by atoms with van der Waals surface area (Å²) in [6.45, 7) is 4.50. The van der Waals surface area contributed by atoms with Crippen LogP contribution in [0.2, 0.25) is 0 Å². The molecule has 0 amide bonds. The van der Waals surface area contributed by atoms with Gasteiger partial charge in [-0.15, -0.1) is 0 Å². The van der Waals surface area contributed by atoms with Gasteiger partial charge in [0, 0.05) is 13.7 Å². The van der Waals surface area contributed by atoms with Gasteiger partial charge < -0.3 is 9.57 Å². The maximum atomic E-state index is 4.95. The Kier molecular flexibility index (Phi) is 8.67. The molecule has 0 radical (unpaired) electrons. The number of unbranched alkanes of at least 4 members (excludes halogenated alkanes) is 2. The van der Waals surface area contributed by atoms with Gasteiger partial charge >= 0.3 is 0 Å². The van der Waals surface area contributed by atoms with Gasteiger partial charge in [0.25, 0.3) is 0 Å². The van der Waals surface area contributed by atoms with Crippen LogP contribution in [0.5, 0.6) is 0 Å². The number of rotatable bonds is 8. The Morgan fingerprint density at radius 1 is 1.31 bits per heavy atom. The molecule has 0 fully saturated rings. The molecule has 0 heterocycles. The third-order valence-corrected chi connectivity index (χ3v) is 1.73. The number of hydrogen-bond donors (Lipinski definition) is 0. The van der Waals surface area contributed by atoms with Crippen molar-refractivity contribution in [2.24, 2.45) is 5.16 Å². The summed E-state index contributed by atoms with van der Waals surface area (Å²) < 4.78 is 4.95. The fourth-order valence-electron chi connectivity index (χ4n) is 1.03. The second-order valence-electron chi connectivity index (χ2n) is 2.77. The summed E-state index contributed by atoms with van der Waals surface area (Å²) in [6.07, 6.45) is 6.04. The lowest BCUT2D eigenvalue weighted by atomic mass is 10.1. The molecule has 0 aliphatic carbocycles. The number of oxime groups is 1. The van der Waals surface area contributed by atoms with E-state index < -0.39 is 0 Å². The average molecular weight is 185 g/mol. The summed E-state index contributed by atoms with van der Waals surface area (Å²) in [6, 6.07) is 0. The smallest absolute Gasteiger partial charge is 0.106 e. The lowest BCUT2D eigenvalue weighted by Crippen LogP contribution is -1.95. The van der Waals surface area contributed by atoms with E-state index >= 15 is 0 Å². The second kappa shape index (κ2) is 9.26. The van der Waals surface area contributed by atoms with Crippen molar-refractivity contribution in [2.45, 2.75) is 25.7 Å². The number of nitrogens with zero attached hydrogens (tertiary/aromatic N) is 1. The number of allylic oxidation sites excluding steroid dienone is 1. The van der Waals surface area contributed by atoms with Crippen molar-refractivity contribution in [1.82, 2.24) is 0 Å². The van der Waals surface area contributed by atoms with Crippen molar-refractivity contribution in [3.05, 3.63) is 12.7 Å². The SMILES string of the molecule is C=C/C(CCCCCOC)=N\OC. The summed E-state index contributed by atoms with van der Waals surface area (Å²) in [4.78, 5) is 4.67. The highest BCUT2D eigenvalue weighted by atomic mass is 16.6. The quantitative estimate of drug-likeness (QED) is 0.330. The predicted molar refractivity (Wildman–Crippen MR) is 55.0 cm³/mol. The molecule has 3 nitrogen and oxygen atoms in total. The Labute approximate surface area is 80.4 Å². The first-order chi connectivity index (χ1) is 6.35. The van der Waals surface area contributed by atoms with E-state index in [1.165, 1.54) is 0 Å². The van der Waals surface area contributed by atoms with Crippen LogP contribution in [-0.4, -0.2) is 26.5 Å². The fourth-order valence-corrected chi connectivity index (χ4v) is 1.03. The molecule has 0 aliphatic heterocycles. The molecule has 0 aromatic heterocycles. The monoisotopic (exact) mass is 185 g/mol. The molecule has 0 saturated heterocycles. The molecule has 0 spiro atoms. The Hall–Kier alpha value is -0.830. The molecule has 0 atom stereocenters. The minimum Gasteiger partial charge on any atom is -0.399 e. The van der Waals surface area contributed by atoms with Crippen LogP contribution in [0, 0.1) is 0 Å². The van der Waals surface area contributed by atoms with Gasteiger partial charge in [-0.05, 0) is 25.3 Å². The highest BCUT2D eigenvalue weighted by molar-refractivity contribution is 5.93. The number of ether oxygens (including phenoxy) is 1. The third-order valence-electron chi connectivity index (χ3n) is 1.73. The molecule has 0 saturated carbocycles. The molecule has 0 aromatic rings. The van der Waals surface area contributed by atoms with E-state index in [2.05, 4.69) is 16.6 Å². The fraction of sp³-hybridized carbons (Fsp3) is 0.700. The summed E-state index contributed by atoms with van der Waals surface area (Å²) >= 11 is 0. The van der Waals surface area contributed by atoms with Crippen LogP contribution in [0.15, 0.2) is 17.8 Å². The van der Waals surface area contributed by atoms with Crippen molar-refractivity contribution in [3.8, 4) is 0 Å². The van der Waals surface area contributed by atoms with E-state index in [-0.39, 0.29) is 0 Å². The van der Waals surface area contributed by atoms with Crippen LogP contribution in [0.1, 0.15) is 25.7 Å². The number of hydrogen-bond acceptors (Lipinski definition) is 3. The van der Waals surface area contributed by atoms with Gasteiger partial charge in [0.05, 0.1) is 5.71 Å². The zero-order valence-electron chi connectivity index (χ0n) is 8.58. The average Bonchev–Trinajstić information content (AvgIpc) is 2.16. The molecule has 0 aliphatic rings. The van der Waals surface area contributed by atoms with Crippen LogP contribution in [0.3, 0.4) is 0 Å². The summed E-state index contributed by atoms with van der Waals surface area (Å²) in [5.74, 6) is 0. The van der Waals surface area contributed by atoms with Gasteiger partial charge in [-0.3, -0.25) is 0 Å². The van der Waals surface area contributed by atoms with Crippen LogP contribution in [0.25, 0.3) is 0 Å². The maximum Gasteiger partial charge on any atom is 0.106 e. The van der Waals surface area contributed by atoms with Gasteiger partial charge in [-0.25, -0.2) is 0 Å². The molecule has 0 aromatic carbocycles. The van der Waals surface area contributed by atoms with Crippen molar-refractivity contribution in [1.29, 1.82) is 0 Å². The van der Waals surface area contributed by atoms with Crippen LogP contribution in [-0.2, 0) is 9.57 Å². The predicted octanol–water partition coefficient (Wildman–Crippen LogP) is 2.38. The molecule has 0 N–H and O–H groups in total. The Morgan fingerprint density at radius 2 is 2.08 bits per heavy atom. The summed E-state index contributed by atoms with van der Waals surface area (Å²) in [7, 11) is 3.27.